The zero-order chi connectivity index (χ0) is 16.0. The summed E-state index contributed by atoms with van der Waals surface area (Å²) in [6.07, 6.45) is 2.42. The first kappa shape index (κ1) is 17.5. The van der Waals surface area contributed by atoms with E-state index in [1.165, 1.54) is 10.6 Å². The van der Waals surface area contributed by atoms with Crippen LogP contribution >= 0.6 is 0 Å². The molecule has 0 aliphatic heterocycles. The maximum Gasteiger partial charge on any atom is 0.232 e. The number of benzene rings is 1. The molecule has 0 saturated heterocycles. The monoisotopic (exact) mass is 312 g/mol. The second-order valence-electron chi connectivity index (χ2n) is 5.28. The Morgan fingerprint density at radius 2 is 1.76 bits per heavy atom. The lowest BCUT2D eigenvalue weighted by molar-refractivity contribution is -0.121. The molecule has 1 N–H and O–H groups in total. The van der Waals surface area contributed by atoms with E-state index >= 15 is 0 Å². The van der Waals surface area contributed by atoms with E-state index in [0.29, 0.717) is 18.7 Å². The first-order valence-electron chi connectivity index (χ1n) is 7.06. The van der Waals surface area contributed by atoms with Crippen LogP contribution in [0.15, 0.2) is 18.2 Å². The lowest BCUT2D eigenvalue weighted by Crippen LogP contribution is -2.38. The SMILES string of the molecule is CCCC(=O)NCCN(c1cc(C)cc(C)c1)S(C)(=O)=O. The number of carbonyl (C=O) groups excluding carboxylic acids is 1. The van der Waals surface area contributed by atoms with E-state index in [0.717, 1.165) is 17.5 Å². The molecule has 0 aromatic heterocycles. The van der Waals surface area contributed by atoms with Crippen LogP contribution in [0.5, 0.6) is 0 Å². The average Bonchev–Trinajstić information content (AvgIpc) is 2.32. The highest BCUT2D eigenvalue weighted by Crippen LogP contribution is 2.20. The van der Waals surface area contributed by atoms with Crippen LogP contribution in [-0.4, -0.2) is 33.7 Å². The van der Waals surface area contributed by atoms with Gasteiger partial charge in [0.15, 0.2) is 0 Å². The average molecular weight is 312 g/mol. The van der Waals surface area contributed by atoms with Crippen LogP contribution < -0.4 is 9.62 Å². The maximum absolute atomic E-state index is 12.0. The summed E-state index contributed by atoms with van der Waals surface area (Å²) in [5.74, 6) is -0.0497. The number of aryl methyl sites for hydroxylation is 2. The van der Waals surface area contributed by atoms with E-state index in [2.05, 4.69) is 5.32 Å². The van der Waals surface area contributed by atoms with Gasteiger partial charge in [0.25, 0.3) is 0 Å². The molecule has 0 bridgehead atoms. The van der Waals surface area contributed by atoms with Crippen molar-refractivity contribution in [3.05, 3.63) is 29.3 Å². The first-order valence-corrected chi connectivity index (χ1v) is 8.91. The quantitative estimate of drug-likeness (QED) is 0.837. The summed E-state index contributed by atoms with van der Waals surface area (Å²) in [5.41, 5.74) is 2.65. The lowest BCUT2D eigenvalue weighted by atomic mass is 10.1. The molecule has 21 heavy (non-hydrogen) atoms. The van der Waals surface area contributed by atoms with Crippen LogP contribution in [-0.2, 0) is 14.8 Å². The van der Waals surface area contributed by atoms with Crippen molar-refractivity contribution >= 4 is 21.6 Å². The van der Waals surface area contributed by atoms with Crippen LogP contribution in [0.1, 0.15) is 30.9 Å². The van der Waals surface area contributed by atoms with E-state index in [1.54, 1.807) is 0 Å². The van der Waals surface area contributed by atoms with Crippen molar-refractivity contribution in [2.75, 3.05) is 23.7 Å². The van der Waals surface area contributed by atoms with Crippen molar-refractivity contribution in [1.29, 1.82) is 0 Å². The fourth-order valence-electron chi connectivity index (χ4n) is 2.19. The molecule has 0 aliphatic rings. The minimum atomic E-state index is -3.38. The Morgan fingerprint density at radius 1 is 1.19 bits per heavy atom. The van der Waals surface area contributed by atoms with Gasteiger partial charge in [0.1, 0.15) is 0 Å². The molecule has 0 unspecified atom stereocenters. The van der Waals surface area contributed by atoms with Gasteiger partial charge in [-0.25, -0.2) is 8.42 Å². The van der Waals surface area contributed by atoms with Gasteiger partial charge in [-0.1, -0.05) is 13.0 Å². The highest BCUT2D eigenvalue weighted by atomic mass is 32.2. The molecule has 0 heterocycles. The third kappa shape index (κ3) is 5.75. The molecule has 1 rings (SSSR count). The number of hydrogen-bond donors (Lipinski definition) is 1. The second-order valence-corrected chi connectivity index (χ2v) is 7.19. The summed E-state index contributed by atoms with van der Waals surface area (Å²) in [5, 5.41) is 2.74. The first-order chi connectivity index (χ1) is 9.74. The standard InChI is InChI=1S/C15H24N2O3S/c1-5-6-15(18)16-7-8-17(21(4,19)20)14-10-12(2)9-13(3)11-14/h9-11H,5-8H2,1-4H3,(H,16,18). The van der Waals surface area contributed by atoms with Gasteiger partial charge in [-0.05, 0) is 43.5 Å². The topological polar surface area (TPSA) is 66.5 Å². The van der Waals surface area contributed by atoms with Crippen molar-refractivity contribution in [2.45, 2.75) is 33.6 Å². The van der Waals surface area contributed by atoms with E-state index < -0.39 is 10.0 Å². The number of sulfonamides is 1. The van der Waals surface area contributed by atoms with Gasteiger partial charge in [0.2, 0.25) is 15.9 Å². The number of nitrogens with zero attached hydrogens (tertiary/aromatic N) is 1. The smallest absolute Gasteiger partial charge is 0.232 e. The molecular weight excluding hydrogens is 288 g/mol. The molecule has 6 heteroatoms. The predicted octanol–water partition coefficient (Wildman–Crippen LogP) is 1.99. The number of carbonyl (C=O) groups is 1. The number of anilines is 1. The highest BCUT2D eigenvalue weighted by molar-refractivity contribution is 7.92. The van der Waals surface area contributed by atoms with E-state index in [-0.39, 0.29) is 12.5 Å². The largest absolute Gasteiger partial charge is 0.354 e. The molecule has 0 aliphatic carbocycles. The zero-order valence-corrected chi connectivity index (χ0v) is 14.0. The molecule has 1 amide bonds. The molecule has 0 atom stereocenters. The summed E-state index contributed by atoms with van der Waals surface area (Å²) in [6, 6.07) is 5.66. The second kappa shape index (κ2) is 7.45. The van der Waals surface area contributed by atoms with Crippen molar-refractivity contribution in [3.63, 3.8) is 0 Å². The summed E-state index contributed by atoms with van der Waals surface area (Å²) < 4.78 is 25.3. The molecule has 0 spiro atoms. The van der Waals surface area contributed by atoms with Gasteiger partial charge in [-0.2, -0.15) is 0 Å². The predicted molar refractivity (Wildman–Crippen MR) is 86.0 cm³/mol. The van der Waals surface area contributed by atoms with Crippen molar-refractivity contribution in [1.82, 2.24) is 5.32 Å². The molecule has 1 aromatic carbocycles. The summed E-state index contributed by atoms with van der Waals surface area (Å²) in [4.78, 5) is 11.4. The normalized spacial score (nSPS) is 11.2. The third-order valence-electron chi connectivity index (χ3n) is 3.01. The highest BCUT2D eigenvalue weighted by Gasteiger charge is 2.17. The Kier molecular flexibility index (Phi) is 6.20. The van der Waals surface area contributed by atoms with E-state index in [4.69, 9.17) is 0 Å². The Hall–Kier alpha value is -1.56. The van der Waals surface area contributed by atoms with E-state index in [1.807, 2.05) is 39.0 Å². The van der Waals surface area contributed by atoms with Crippen molar-refractivity contribution < 1.29 is 13.2 Å². The van der Waals surface area contributed by atoms with Crippen molar-refractivity contribution in [2.24, 2.45) is 0 Å². The minimum absolute atomic E-state index is 0.0497. The molecule has 5 nitrogen and oxygen atoms in total. The van der Waals surface area contributed by atoms with Gasteiger partial charge < -0.3 is 5.32 Å². The third-order valence-corrected chi connectivity index (χ3v) is 4.20. The Morgan fingerprint density at radius 3 is 2.24 bits per heavy atom. The Bertz CT molecular complexity index is 577. The lowest BCUT2D eigenvalue weighted by Gasteiger charge is -2.23. The Balaban J connectivity index is 2.85. The van der Waals surface area contributed by atoms with Gasteiger partial charge in [0, 0.05) is 13.0 Å². The van der Waals surface area contributed by atoms with Gasteiger partial charge >= 0.3 is 0 Å². The summed E-state index contributed by atoms with van der Waals surface area (Å²) in [6.45, 7) is 6.33. The summed E-state index contributed by atoms with van der Waals surface area (Å²) in [7, 11) is -3.38. The number of hydrogen-bond acceptors (Lipinski definition) is 3. The fraction of sp³-hybridized carbons (Fsp3) is 0.533. The van der Waals surface area contributed by atoms with Crippen LogP contribution in [0.25, 0.3) is 0 Å². The number of rotatable bonds is 7. The summed E-state index contributed by atoms with van der Waals surface area (Å²) >= 11 is 0. The fourth-order valence-corrected chi connectivity index (χ4v) is 3.10. The molecule has 118 valence electrons. The molecule has 1 aromatic rings. The van der Waals surface area contributed by atoms with Gasteiger partial charge in [-0.3, -0.25) is 9.10 Å². The number of amides is 1. The van der Waals surface area contributed by atoms with Crippen LogP contribution in [0.2, 0.25) is 0 Å². The van der Waals surface area contributed by atoms with Crippen LogP contribution in [0, 0.1) is 13.8 Å². The van der Waals surface area contributed by atoms with E-state index in [9.17, 15) is 13.2 Å². The minimum Gasteiger partial charge on any atom is -0.354 e. The molecular formula is C15H24N2O3S. The van der Waals surface area contributed by atoms with Crippen LogP contribution in [0.3, 0.4) is 0 Å². The van der Waals surface area contributed by atoms with Gasteiger partial charge in [-0.15, -0.1) is 0 Å². The Labute approximate surface area is 127 Å². The van der Waals surface area contributed by atoms with Crippen LogP contribution in [0.4, 0.5) is 5.69 Å². The maximum atomic E-state index is 12.0. The molecule has 0 radical (unpaired) electrons. The zero-order valence-electron chi connectivity index (χ0n) is 13.1. The number of nitrogens with one attached hydrogen (secondary N) is 1. The van der Waals surface area contributed by atoms with Crippen molar-refractivity contribution in [3.8, 4) is 0 Å². The molecule has 0 fully saturated rings. The van der Waals surface area contributed by atoms with Gasteiger partial charge in [0.05, 0.1) is 18.5 Å². The molecule has 0 saturated carbocycles.